The van der Waals surface area contributed by atoms with Crippen molar-refractivity contribution in [3.05, 3.63) is 35.4 Å². The lowest BCUT2D eigenvalue weighted by Gasteiger charge is -2.13. The fourth-order valence-electron chi connectivity index (χ4n) is 4.47. The van der Waals surface area contributed by atoms with Crippen LogP contribution in [0.4, 0.5) is 0 Å². The number of aliphatic hydroxyl groups excluding tert-OH is 1. The molecule has 1 aromatic carbocycles. The van der Waals surface area contributed by atoms with Gasteiger partial charge in [0.05, 0.1) is 6.10 Å². The molecular weight excluding hydrogens is 256 g/mol. The van der Waals surface area contributed by atoms with Crippen LogP contribution < -0.4 is 0 Å². The molecule has 0 heterocycles. The van der Waals surface area contributed by atoms with Crippen molar-refractivity contribution in [2.75, 3.05) is 0 Å². The molecule has 116 valence electrons. The maximum Gasteiger partial charge on any atom is 0.0577 e. The van der Waals surface area contributed by atoms with E-state index < -0.39 is 0 Å². The molecule has 0 aromatic heterocycles. The number of benzene rings is 1. The Balaban J connectivity index is 1.45. The summed E-state index contributed by atoms with van der Waals surface area (Å²) >= 11 is 0. The average Bonchev–Trinajstić information content (AvgIpc) is 3.25. The van der Waals surface area contributed by atoms with Crippen molar-refractivity contribution >= 4 is 0 Å². The molecule has 1 N–H and O–H groups in total. The van der Waals surface area contributed by atoms with Crippen LogP contribution in [0.3, 0.4) is 0 Å². The molecule has 21 heavy (non-hydrogen) atoms. The lowest BCUT2D eigenvalue weighted by Crippen LogP contribution is -2.11. The third-order valence-electron chi connectivity index (χ3n) is 5.69. The van der Waals surface area contributed by atoms with Crippen LogP contribution in [0.5, 0.6) is 0 Å². The van der Waals surface area contributed by atoms with Crippen LogP contribution >= 0.6 is 0 Å². The van der Waals surface area contributed by atoms with Crippen LogP contribution in [0.25, 0.3) is 0 Å². The second-order valence-electron chi connectivity index (χ2n) is 7.13. The van der Waals surface area contributed by atoms with Gasteiger partial charge in [0.15, 0.2) is 0 Å². The Hall–Kier alpha value is -0.820. The first-order valence-electron chi connectivity index (χ1n) is 9.08. The summed E-state index contributed by atoms with van der Waals surface area (Å²) in [5, 5.41) is 10.5. The molecule has 1 heteroatoms. The number of hydrogen-bond donors (Lipinski definition) is 1. The predicted molar refractivity (Wildman–Crippen MR) is 88.5 cm³/mol. The fourth-order valence-corrected chi connectivity index (χ4v) is 4.47. The molecule has 0 aliphatic heterocycles. The summed E-state index contributed by atoms with van der Waals surface area (Å²) < 4.78 is 0. The highest BCUT2D eigenvalue weighted by Crippen LogP contribution is 2.61. The molecule has 2 aliphatic carbocycles. The zero-order chi connectivity index (χ0) is 14.7. The van der Waals surface area contributed by atoms with E-state index in [2.05, 4.69) is 31.2 Å². The van der Waals surface area contributed by atoms with Crippen molar-refractivity contribution in [3.8, 4) is 0 Å². The molecule has 4 atom stereocenters. The van der Waals surface area contributed by atoms with E-state index in [9.17, 15) is 5.11 Å². The standard InChI is InChI=1S/C20H30O/c1-2-3-4-5-6-7-12-18(21)20-17-14-13-15-10-8-9-11-16(15)19(17)20/h8-11,17-21H,2-7,12-14H2,1H3. The van der Waals surface area contributed by atoms with Gasteiger partial charge in [-0.15, -0.1) is 0 Å². The van der Waals surface area contributed by atoms with Gasteiger partial charge in [-0.25, -0.2) is 0 Å². The Labute approximate surface area is 129 Å². The Kier molecular flexibility index (Phi) is 5.00. The van der Waals surface area contributed by atoms with E-state index in [4.69, 9.17) is 0 Å². The van der Waals surface area contributed by atoms with Crippen LogP contribution in [-0.4, -0.2) is 11.2 Å². The quantitative estimate of drug-likeness (QED) is 0.661. The highest BCUT2D eigenvalue weighted by atomic mass is 16.3. The Morgan fingerprint density at radius 1 is 1.10 bits per heavy atom. The molecule has 0 amide bonds. The summed E-state index contributed by atoms with van der Waals surface area (Å²) in [7, 11) is 0. The highest BCUT2D eigenvalue weighted by molar-refractivity contribution is 5.39. The van der Waals surface area contributed by atoms with Gasteiger partial charge < -0.3 is 5.11 Å². The lowest BCUT2D eigenvalue weighted by atomic mass is 9.92. The number of aryl methyl sites for hydroxylation is 1. The largest absolute Gasteiger partial charge is 0.393 e. The molecule has 1 aromatic rings. The number of rotatable bonds is 8. The molecule has 0 bridgehead atoms. The number of aliphatic hydroxyl groups is 1. The third kappa shape index (κ3) is 3.34. The SMILES string of the molecule is CCCCCCCCC(O)C1C2CCc3ccccc3C21. The van der Waals surface area contributed by atoms with Crippen LogP contribution in [-0.2, 0) is 6.42 Å². The van der Waals surface area contributed by atoms with Crippen LogP contribution in [0.15, 0.2) is 24.3 Å². The first-order chi connectivity index (χ1) is 10.3. The summed E-state index contributed by atoms with van der Waals surface area (Å²) in [5.41, 5.74) is 3.08. The van der Waals surface area contributed by atoms with Gasteiger partial charge in [-0.1, -0.05) is 69.7 Å². The zero-order valence-electron chi connectivity index (χ0n) is 13.4. The molecule has 0 spiro atoms. The molecule has 0 radical (unpaired) electrons. The summed E-state index contributed by atoms with van der Waals surface area (Å²) in [5.74, 6) is 2.00. The molecular formula is C20H30O. The zero-order valence-corrected chi connectivity index (χ0v) is 13.4. The minimum atomic E-state index is -0.0580. The second kappa shape index (κ2) is 6.96. The second-order valence-corrected chi connectivity index (χ2v) is 7.13. The van der Waals surface area contributed by atoms with Crippen LogP contribution in [0.1, 0.15) is 75.3 Å². The van der Waals surface area contributed by atoms with E-state index in [0.29, 0.717) is 11.8 Å². The van der Waals surface area contributed by atoms with Gasteiger partial charge >= 0.3 is 0 Å². The van der Waals surface area contributed by atoms with Crippen molar-refractivity contribution in [2.45, 2.75) is 76.7 Å². The van der Waals surface area contributed by atoms with Crippen LogP contribution in [0, 0.1) is 11.8 Å². The number of fused-ring (bicyclic) bond motifs is 3. The summed E-state index contributed by atoms with van der Waals surface area (Å²) in [6, 6.07) is 8.89. The number of hydrogen-bond acceptors (Lipinski definition) is 1. The minimum Gasteiger partial charge on any atom is -0.393 e. The van der Waals surface area contributed by atoms with Gasteiger partial charge in [-0.05, 0) is 48.1 Å². The monoisotopic (exact) mass is 286 g/mol. The number of unbranched alkanes of at least 4 members (excludes halogenated alkanes) is 5. The van der Waals surface area contributed by atoms with E-state index in [1.807, 2.05) is 0 Å². The Morgan fingerprint density at radius 3 is 2.71 bits per heavy atom. The van der Waals surface area contributed by atoms with E-state index in [-0.39, 0.29) is 6.10 Å². The van der Waals surface area contributed by atoms with Crippen LogP contribution in [0.2, 0.25) is 0 Å². The minimum absolute atomic E-state index is 0.0580. The van der Waals surface area contributed by atoms with Gasteiger partial charge in [0, 0.05) is 0 Å². The van der Waals surface area contributed by atoms with Crippen molar-refractivity contribution < 1.29 is 5.11 Å². The molecule has 0 saturated heterocycles. The van der Waals surface area contributed by atoms with Crippen molar-refractivity contribution in [1.29, 1.82) is 0 Å². The highest BCUT2D eigenvalue weighted by Gasteiger charge is 2.55. The van der Waals surface area contributed by atoms with E-state index in [1.165, 1.54) is 56.9 Å². The average molecular weight is 286 g/mol. The summed E-state index contributed by atoms with van der Waals surface area (Å²) in [6.07, 6.45) is 11.4. The van der Waals surface area contributed by atoms with E-state index in [1.54, 1.807) is 5.56 Å². The van der Waals surface area contributed by atoms with Gasteiger partial charge in [-0.3, -0.25) is 0 Å². The maximum atomic E-state index is 10.5. The topological polar surface area (TPSA) is 20.2 Å². The molecule has 4 unspecified atom stereocenters. The first kappa shape index (κ1) is 15.1. The van der Waals surface area contributed by atoms with E-state index in [0.717, 1.165) is 12.3 Å². The Morgan fingerprint density at radius 2 is 1.86 bits per heavy atom. The normalized spacial score (nSPS) is 27.8. The maximum absolute atomic E-state index is 10.5. The van der Waals surface area contributed by atoms with Gasteiger partial charge in [-0.2, -0.15) is 0 Å². The van der Waals surface area contributed by atoms with Gasteiger partial charge in [0.25, 0.3) is 0 Å². The smallest absolute Gasteiger partial charge is 0.0577 e. The predicted octanol–water partition coefficient (Wildman–Crippen LogP) is 5.07. The first-order valence-corrected chi connectivity index (χ1v) is 9.08. The van der Waals surface area contributed by atoms with E-state index >= 15 is 0 Å². The molecule has 2 aliphatic rings. The van der Waals surface area contributed by atoms with Crippen molar-refractivity contribution in [2.24, 2.45) is 11.8 Å². The molecule has 1 fully saturated rings. The van der Waals surface area contributed by atoms with Crippen molar-refractivity contribution in [3.63, 3.8) is 0 Å². The third-order valence-corrected chi connectivity index (χ3v) is 5.69. The Bertz CT molecular complexity index is 453. The molecule has 1 nitrogen and oxygen atoms in total. The van der Waals surface area contributed by atoms with Gasteiger partial charge in [0.2, 0.25) is 0 Å². The van der Waals surface area contributed by atoms with Crippen molar-refractivity contribution in [1.82, 2.24) is 0 Å². The summed E-state index contributed by atoms with van der Waals surface area (Å²) in [6.45, 7) is 2.26. The van der Waals surface area contributed by atoms with Gasteiger partial charge in [0.1, 0.15) is 0 Å². The summed E-state index contributed by atoms with van der Waals surface area (Å²) in [4.78, 5) is 0. The fraction of sp³-hybridized carbons (Fsp3) is 0.700. The molecule has 1 saturated carbocycles. The molecule has 3 rings (SSSR count). The lowest BCUT2D eigenvalue weighted by molar-refractivity contribution is 0.130.